The lowest BCUT2D eigenvalue weighted by molar-refractivity contribution is 0.475. The third-order valence-electron chi connectivity index (χ3n) is 3.94. The monoisotopic (exact) mass is 354 g/mol. The van der Waals surface area contributed by atoms with Crippen molar-refractivity contribution in [2.24, 2.45) is 19.2 Å². The van der Waals surface area contributed by atoms with E-state index >= 15 is 0 Å². The lowest BCUT2D eigenvalue weighted by atomic mass is 10.2. The molecule has 0 aliphatic carbocycles. The van der Waals surface area contributed by atoms with Gasteiger partial charge >= 0.3 is 5.69 Å². The number of aryl methyl sites for hydroxylation is 2. The van der Waals surface area contributed by atoms with Crippen LogP contribution in [-0.4, -0.2) is 30.0 Å². The van der Waals surface area contributed by atoms with E-state index in [-0.39, 0.29) is 23.5 Å². The number of hydrogen-bond acceptors (Lipinski definition) is 6. The van der Waals surface area contributed by atoms with Crippen molar-refractivity contribution in [3.8, 4) is 5.75 Å². The molecule has 0 amide bonds. The number of nitrogens with one attached hydrogen (secondary N) is 1. The molecule has 0 fully saturated rings. The average molecular weight is 354 g/mol. The molecule has 0 unspecified atom stereocenters. The molecule has 9 nitrogen and oxygen atoms in total. The van der Waals surface area contributed by atoms with Gasteiger partial charge in [-0.3, -0.25) is 13.9 Å². The van der Waals surface area contributed by atoms with Gasteiger partial charge < -0.3 is 9.67 Å². The fourth-order valence-corrected chi connectivity index (χ4v) is 2.56. The molecule has 0 aliphatic rings. The van der Waals surface area contributed by atoms with E-state index in [1.165, 1.54) is 10.6 Å². The lowest BCUT2D eigenvalue weighted by Crippen LogP contribution is -2.39. The number of rotatable bonds is 5. The van der Waals surface area contributed by atoms with Gasteiger partial charge in [-0.2, -0.15) is 10.1 Å². The zero-order valence-corrected chi connectivity index (χ0v) is 14.4. The number of imidazole rings is 1. The zero-order valence-electron chi connectivity index (χ0n) is 14.4. The first-order valence-corrected chi connectivity index (χ1v) is 7.79. The number of phenols is 1. The molecular weight excluding hydrogens is 336 g/mol. The summed E-state index contributed by atoms with van der Waals surface area (Å²) >= 11 is 0. The zero-order chi connectivity index (χ0) is 18.8. The Hall–Kier alpha value is -3.62. The van der Waals surface area contributed by atoms with E-state index in [4.69, 9.17) is 0 Å². The van der Waals surface area contributed by atoms with Crippen LogP contribution in [0.1, 0.15) is 5.56 Å². The van der Waals surface area contributed by atoms with Crippen molar-refractivity contribution in [1.29, 1.82) is 0 Å². The molecule has 0 saturated heterocycles. The number of anilines is 1. The van der Waals surface area contributed by atoms with Crippen LogP contribution in [0, 0.1) is 0 Å². The van der Waals surface area contributed by atoms with Crippen molar-refractivity contribution < 1.29 is 5.11 Å². The van der Waals surface area contributed by atoms with Gasteiger partial charge in [-0.05, 0) is 29.8 Å². The van der Waals surface area contributed by atoms with Gasteiger partial charge in [0.05, 0.1) is 6.21 Å². The van der Waals surface area contributed by atoms with Crippen molar-refractivity contribution in [3.05, 3.63) is 63.3 Å². The van der Waals surface area contributed by atoms with Crippen LogP contribution in [-0.2, 0) is 20.6 Å². The van der Waals surface area contributed by atoms with Crippen molar-refractivity contribution in [1.82, 2.24) is 18.7 Å². The predicted octanol–water partition coefficient (Wildman–Crippen LogP) is 0.771. The van der Waals surface area contributed by atoms with E-state index in [2.05, 4.69) is 22.1 Å². The normalized spacial score (nSPS) is 11.3. The first-order chi connectivity index (χ1) is 12.4. The van der Waals surface area contributed by atoms with Crippen LogP contribution < -0.4 is 16.7 Å². The number of nitrogens with zero attached hydrogens (tertiary/aromatic N) is 5. The van der Waals surface area contributed by atoms with Crippen LogP contribution >= 0.6 is 0 Å². The topological polar surface area (TPSA) is 106 Å². The third kappa shape index (κ3) is 2.90. The highest BCUT2D eigenvalue weighted by Gasteiger charge is 2.17. The number of aromatic nitrogens is 4. The van der Waals surface area contributed by atoms with E-state index in [0.717, 1.165) is 10.1 Å². The van der Waals surface area contributed by atoms with E-state index in [0.29, 0.717) is 5.95 Å². The molecule has 2 heterocycles. The van der Waals surface area contributed by atoms with E-state index < -0.39 is 11.2 Å². The summed E-state index contributed by atoms with van der Waals surface area (Å²) in [6, 6.07) is 6.50. The number of fused-ring (bicyclic) bond motifs is 1. The molecule has 0 atom stereocenters. The SMILES string of the molecule is C=CCn1c(=O)c2c(nc(NN=Cc3ccc(O)cc3)n2C)n(C)c1=O. The lowest BCUT2D eigenvalue weighted by Gasteiger charge is -2.06. The molecule has 9 heteroatoms. The van der Waals surface area contributed by atoms with Gasteiger partial charge in [-0.15, -0.1) is 6.58 Å². The summed E-state index contributed by atoms with van der Waals surface area (Å²) in [6.45, 7) is 3.69. The van der Waals surface area contributed by atoms with Crippen LogP contribution in [0.2, 0.25) is 0 Å². The minimum Gasteiger partial charge on any atom is -0.508 e. The summed E-state index contributed by atoms with van der Waals surface area (Å²) in [6.07, 6.45) is 3.04. The second-order valence-electron chi connectivity index (χ2n) is 5.67. The molecule has 26 heavy (non-hydrogen) atoms. The molecule has 1 aromatic carbocycles. The third-order valence-corrected chi connectivity index (χ3v) is 3.94. The van der Waals surface area contributed by atoms with E-state index in [1.807, 2.05) is 0 Å². The number of hydrogen-bond donors (Lipinski definition) is 2. The Morgan fingerprint density at radius 2 is 1.92 bits per heavy atom. The van der Waals surface area contributed by atoms with Gasteiger partial charge in [0, 0.05) is 20.6 Å². The number of hydrazone groups is 1. The average Bonchev–Trinajstić information content (AvgIpc) is 2.95. The molecule has 0 bridgehead atoms. The quantitative estimate of drug-likeness (QED) is 0.400. The molecular formula is C17H18N6O3. The molecule has 3 aromatic rings. The Kier molecular flexibility index (Phi) is 4.44. The Morgan fingerprint density at radius 3 is 2.58 bits per heavy atom. The Bertz CT molecular complexity index is 1120. The van der Waals surface area contributed by atoms with Gasteiger partial charge in [0.15, 0.2) is 11.2 Å². The smallest absolute Gasteiger partial charge is 0.332 e. The fraction of sp³-hybridized carbons (Fsp3) is 0.176. The Balaban J connectivity index is 2.01. The summed E-state index contributed by atoms with van der Waals surface area (Å²) in [5, 5.41) is 13.4. The van der Waals surface area contributed by atoms with Crippen molar-refractivity contribution in [2.45, 2.75) is 6.54 Å². The Morgan fingerprint density at radius 1 is 1.23 bits per heavy atom. The van der Waals surface area contributed by atoms with Crippen LogP contribution in [0.3, 0.4) is 0 Å². The number of phenolic OH excluding ortho intramolecular Hbond substituents is 1. The van der Waals surface area contributed by atoms with E-state index in [1.54, 1.807) is 49.1 Å². The molecule has 0 aliphatic heterocycles. The van der Waals surface area contributed by atoms with Crippen molar-refractivity contribution >= 4 is 23.3 Å². The van der Waals surface area contributed by atoms with Gasteiger partial charge in [0.2, 0.25) is 5.95 Å². The van der Waals surface area contributed by atoms with Gasteiger partial charge in [-0.1, -0.05) is 6.08 Å². The largest absolute Gasteiger partial charge is 0.508 e. The molecule has 0 spiro atoms. The molecule has 0 saturated carbocycles. The second kappa shape index (κ2) is 6.71. The summed E-state index contributed by atoms with van der Waals surface area (Å²) in [4.78, 5) is 29.2. The van der Waals surface area contributed by atoms with Crippen molar-refractivity contribution in [2.75, 3.05) is 5.43 Å². The van der Waals surface area contributed by atoms with Crippen LogP contribution in [0.25, 0.3) is 11.2 Å². The van der Waals surface area contributed by atoms with Crippen molar-refractivity contribution in [3.63, 3.8) is 0 Å². The maximum Gasteiger partial charge on any atom is 0.332 e. The summed E-state index contributed by atoms with van der Waals surface area (Å²) in [7, 11) is 3.22. The molecule has 3 rings (SSSR count). The maximum atomic E-state index is 12.6. The van der Waals surface area contributed by atoms with Gasteiger partial charge in [0.1, 0.15) is 5.75 Å². The minimum absolute atomic E-state index is 0.119. The number of aromatic hydroxyl groups is 1. The maximum absolute atomic E-state index is 12.6. The number of benzene rings is 1. The second-order valence-corrected chi connectivity index (χ2v) is 5.67. The molecule has 134 valence electrons. The summed E-state index contributed by atoms with van der Waals surface area (Å²) in [5.74, 6) is 0.487. The van der Waals surface area contributed by atoms with Gasteiger partial charge in [-0.25, -0.2) is 10.2 Å². The summed E-state index contributed by atoms with van der Waals surface area (Å²) in [5.41, 5.74) is 3.20. The molecule has 2 aromatic heterocycles. The standard InChI is InChI=1S/C17H18N6O3/c1-4-9-23-15(25)13-14(22(3)17(23)26)19-16(21(13)2)20-18-10-11-5-7-12(24)8-6-11/h4-8,10,24H,1,9H2,2-3H3,(H,19,20). The van der Waals surface area contributed by atoms with E-state index in [9.17, 15) is 14.7 Å². The van der Waals surface area contributed by atoms with Crippen LogP contribution in [0.5, 0.6) is 5.75 Å². The molecule has 0 radical (unpaired) electrons. The van der Waals surface area contributed by atoms with Gasteiger partial charge in [0.25, 0.3) is 5.56 Å². The number of allylic oxidation sites excluding steroid dienone is 1. The predicted molar refractivity (Wildman–Crippen MR) is 99.7 cm³/mol. The fourth-order valence-electron chi connectivity index (χ4n) is 2.56. The van der Waals surface area contributed by atoms with Crippen LogP contribution in [0.4, 0.5) is 5.95 Å². The molecule has 2 N–H and O–H groups in total. The first kappa shape index (κ1) is 17.2. The highest BCUT2D eigenvalue weighted by Crippen LogP contribution is 2.13. The first-order valence-electron chi connectivity index (χ1n) is 7.79. The van der Waals surface area contributed by atoms with Crippen LogP contribution in [0.15, 0.2) is 51.6 Å². The summed E-state index contributed by atoms with van der Waals surface area (Å²) < 4.78 is 3.96. The Labute approximate surface area is 148 Å². The highest BCUT2D eigenvalue weighted by atomic mass is 16.3. The highest BCUT2D eigenvalue weighted by molar-refractivity contribution is 5.80. The minimum atomic E-state index is -0.459.